The highest BCUT2D eigenvalue weighted by Crippen LogP contribution is 2.24. The molecule has 0 amide bonds. The molecule has 2 aliphatic rings. The van der Waals surface area contributed by atoms with Gasteiger partial charge in [-0.05, 0) is 44.1 Å². The van der Waals surface area contributed by atoms with Crippen LogP contribution in [0.4, 0.5) is 11.8 Å². The molecule has 0 aromatic carbocycles. The molecule has 1 saturated heterocycles. The number of hydrogen-bond donors (Lipinski definition) is 2. The van der Waals surface area contributed by atoms with Gasteiger partial charge in [-0.25, -0.2) is 4.98 Å². The molecule has 1 aliphatic heterocycles. The first kappa shape index (κ1) is 18.2. The van der Waals surface area contributed by atoms with Gasteiger partial charge in [-0.15, -0.1) is 0 Å². The Bertz CT molecular complexity index is 775. The Kier molecular flexibility index (Phi) is 5.29. The summed E-state index contributed by atoms with van der Waals surface area (Å²) in [5.41, 5.74) is 5.15. The highest BCUT2D eigenvalue weighted by Gasteiger charge is 2.23. The van der Waals surface area contributed by atoms with Crippen molar-refractivity contribution in [3.8, 4) is 0 Å². The maximum atomic E-state index is 4.76. The summed E-state index contributed by atoms with van der Waals surface area (Å²) in [6.45, 7) is 5.09. The van der Waals surface area contributed by atoms with Crippen molar-refractivity contribution in [1.82, 2.24) is 25.5 Å². The second-order valence-corrected chi connectivity index (χ2v) is 7.89. The van der Waals surface area contributed by atoms with Gasteiger partial charge in [0.05, 0.1) is 5.69 Å². The summed E-state index contributed by atoms with van der Waals surface area (Å²) in [5.74, 6) is 1.87. The van der Waals surface area contributed by atoms with Gasteiger partial charge >= 0.3 is 0 Å². The Morgan fingerprint density at radius 1 is 1.22 bits per heavy atom. The van der Waals surface area contributed by atoms with Crippen LogP contribution in [-0.4, -0.2) is 53.4 Å². The maximum Gasteiger partial charge on any atom is 0.227 e. The van der Waals surface area contributed by atoms with Crippen molar-refractivity contribution in [2.75, 3.05) is 37.0 Å². The summed E-state index contributed by atoms with van der Waals surface area (Å²) in [6, 6.07) is 2.70. The van der Waals surface area contributed by atoms with Crippen molar-refractivity contribution in [3.05, 3.63) is 28.7 Å². The van der Waals surface area contributed by atoms with Gasteiger partial charge in [0.1, 0.15) is 5.82 Å². The highest BCUT2D eigenvalue weighted by molar-refractivity contribution is 5.46. The number of H-pyrrole nitrogens is 1. The Morgan fingerprint density at radius 3 is 2.78 bits per heavy atom. The molecule has 4 rings (SSSR count). The molecule has 3 heterocycles. The molecule has 0 unspecified atom stereocenters. The second kappa shape index (κ2) is 7.84. The number of anilines is 2. The van der Waals surface area contributed by atoms with E-state index in [9.17, 15) is 0 Å². The third kappa shape index (κ3) is 3.93. The van der Waals surface area contributed by atoms with Crippen LogP contribution >= 0.6 is 0 Å². The number of fused-ring (bicyclic) bond motifs is 1. The Hall–Kier alpha value is -2.15. The summed E-state index contributed by atoms with van der Waals surface area (Å²) in [4.78, 5) is 13.8. The van der Waals surface area contributed by atoms with E-state index in [1.165, 1.54) is 29.8 Å². The van der Waals surface area contributed by atoms with Gasteiger partial charge in [-0.3, -0.25) is 5.10 Å². The normalized spacial score (nSPS) is 17.4. The van der Waals surface area contributed by atoms with Crippen LogP contribution in [0.1, 0.15) is 48.8 Å². The van der Waals surface area contributed by atoms with Crippen molar-refractivity contribution in [1.29, 1.82) is 0 Å². The fraction of sp³-hybridized carbons (Fsp3) is 0.650. The molecular weight excluding hydrogens is 338 g/mol. The maximum absolute atomic E-state index is 4.76. The minimum absolute atomic E-state index is 0.552. The first-order chi connectivity index (χ1) is 13.1. The number of hydrogen-bond acceptors (Lipinski definition) is 6. The lowest BCUT2D eigenvalue weighted by molar-refractivity contribution is 0.410. The topological polar surface area (TPSA) is 73.0 Å². The lowest BCUT2D eigenvalue weighted by Gasteiger charge is -2.33. The molecule has 7 heteroatoms. The van der Waals surface area contributed by atoms with Crippen molar-refractivity contribution < 1.29 is 0 Å². The average Bonchev–Trinajstić information content (AvgIpc) is 3.30. The fourth-order valence-corrected chi connectivity index (χ4v) is 4.10. The van der Waals surface area contributed by atoms with E-state index in [0.29, 0.717) is 6.04 Å². The van der Waals surface area contributed by atoms with Crippen LogP contribution in [0, 0.1) is 0 Å². The van der Waals surface area contributed by atoms with E-state index >= 15 is 0 Å². The summed E-state index contributed by atoms with van der Waals surface area (Å²) < 4.78 is 0. The van der Waals surface area contributed by atoms with Crippen LogP contribution in [0.5, 0.6) is 0 Å². The summed E-state index contributed by atoms with van der Waals surface area (Å²) in [5, 5.41) is 11.4. The zero-order valence-corrected chi connectivity index (χ0v) is 16.8. The zero-order chi connectivity index (χ0) is 18.8. The molecule has 0 radical (unpaired) electrons. The van der Waals surface area contributed by atoms with E-state index in [2.05, 4.69) is 38.4 Å². The number of aromatic amines is 1. The first-order valence-electron chi connectivity index (χ1n) is 10.2. The predicted octanol–water partition coefficient (Wildman–Crippen LogP) is 2.08. The van der Waals surface area contributed by atoms with Crippen molar-refractivity contribution in [3.63, 3.8) is 0 Å². The molecule has 27 heavy (non-hydrogen) atoms. The smallest absolute Gasteiger partial charge is 0.227 e. The molecule has 7 nitrogen and oxygen atoms in total. The monoisotopic (exact) mass is 369 g/mol. The minimum Gasteiger partial charge on any atom is -0.356 e. The van der Waals surface area contributed by atoms with Gasteiger partial charge in [0.25, 0.3) is 0 Å². The van der Waals surface area contributed by atoms with E-state index in [1.54, 1.807) is 0 Å². The molecule has 2 N–H and O–H groups in total. The average molecular weight is 370 g/mol. The number of nitrogens with zero attached hydrogens (tertiary/aromatic N) is 5. The number of piperidine rings is 1. The quantitative estimate of drug-likeness (QED) is 0.812. The predicted molar refractivity (Wildman–Crippen MR) is 108 cm³/mol. The van der Waals surface area contributed by atoms with Gasteiger partial charge in [-0.1, -0.05) is 6.92 Å². The van der Waals surface area contributed by atoms with Crippen LogP contribution in [0.25, 0.3) is 0 Å². The third-order valence-electron chi connectivity index (χ3n) is 5.79. The largest absolute Gasteiger partial charge is 0.356 e. The van der Waals surface area contributed by atoms with E-state index in [0.717, 1.165) is 62.8 Å². The summed E-state index contributed by atoms with van der Waals surface area (Å²) in [7, 11) is 4.00. The van der Waals surface area contributed by atoms with Gasteiger partial charge in [0.15, 0.2) is 0 Å². The molecule has 2 aromatic rings. The standard InChI is InChI=1S/C20H31N7/c1-4-14-12-19(23-20(22-14)26(2)3)27-10-8-15(9-11-27)21-13-18-16-6-5-7-17(16)24-25-18/h12,15,21H,4-11,13H2,1-3H3,(H,24,25). The molecule has 0 spiro atoms. The molecule has 0 saturated carbocycles. The minimum atomic E-state index is 0.552. The van der Waals surface area contributed by atoms with Gasteiger partial charge in [-0.2, -0.15) is 10.1 Å². The summed E-state index contributed by atoms with van der Waals surface area (Å²) in [6.07, 6.45) is 6.81. The lowest BCUT2D eigenvalue weighted by Crippen LogP contribution is -2.42. The van der Waals surface area contributed by atoms with Crippen molar-refractivity contribution in [2.24, 2.45) is 0 Å². The number of aryl methyl sites for hydroxylation is 2. The molecule has 146 valence electrons. The molecule has 0 bridgehead atoms. The van der Waals surface area contributed by atoms with E-state index in [1.807, 2.05) is 19.0 Å². The van der Waals surface area contributed by atoms with E-state index in [4.69, 9.17) is 4.98 Å². The van der Waals surface area contributed by atoms with Crippen LogP contribution in [0.15, 0.2) is 6.07 Å². The Morgan fingerprint density at radius 2 is 2.04 bits per heavy atom. The Labute approximate surface area is 161 Å². The highest BCUT2D eigenvalue weighted by atomic mass is 15.3. The molecule has 0 atom stereocenters. The number of nitrogens with one attached hydrogen (secondary N) is 2. The first-order valence-corrected chi connectivity index (χ1v) is 10.2. The Balaban J connectivity index is 1.34. The zero-order valence-electron chi connectivity index (χ0n) is 16.8. The lowest BCUT2D eigenvalue weighted by atomic mass is 10.0. The number of rotatable bonds is 6. The van der Waals surface area contributed by atoms with E-state index < -0.39 is 0 Å². The van der Waals surface area contributed by atoms with Crippen LogP contribution in [0.2, 0.25) is 0 Å². The van der Waals surface area contributed by atoms with Gasteiger partial charge < -0.3 is 15.1 Å². The van der Waals surface area contributed by atoms with Gasteiger partial charge in [0.2, 0.25) is 5.95 Å². The van der Waals surface area contributed by atoms with Crippen LogP contribution in [-0.2, 0) is 25.8 Å². The SMILES string of the molecule is CCc1cc(N2CCC(NCc3n[nH]c4c3CCC4)CC2)nc(N(C)C)n1. The van der Waals surface area contributed by atoms with Crippen LogP contribution < -0.4 is 15.1 Å². The fourth-order valence-electron chi connectivity index (χ4n) is 4.10. The van der Waals surface area contributed by atoms with Crippen molar-refractivity contribution >= 4 is 11.8 Å². The number of aromatic nitrogens is 4. The third-order valence-corrected chi connectivity index (χ3v) is 5.79. The molecule has 1 aliphatic carbocycles. The second-order valence-electron chi connectivity index (χ2n) is 7.89. The molecule has 1 fully saturated rings. The van der Waals surface area contributed by atoms with E-state index in [-0.39, 0.29) is 0 Å². The molecular formula is C20H31N7. The summed E-state index contributed by atoms with van der Waals surface area (Å²) >= 11 is 0. The molecule has 2 aromatic heterocycles. The van der Waals surface area contributed by atoms with Gasteiger partial charge in [0, 0.05) is 57.2 Å². The van der Waals surface area contributed by atoms with Crippen molar-refractivity contribution in [2.45, 2.75) is 58.0 Å². The van der Waals surface area contributed by atoms with Crippen LogP contribution in [0.3, 0.4) is 0 Å².